The lowest BCUT2D eigenvalue weighted by Crippen LogP contribution is -2.45. The second kappa shape index (κ2) is 7.07. The first-order valence-electron chi connectivity index (χ1n) is 7.72. The van der Waals surface area contributed by atoms with Crippen molar-refractivity contribution in [1.82, 2.24) is 5.32 Å². The molecule has 114 valence electrons. The number of hydrogen-bond donors (Lipinski definition) is 2. The summed E-state index contributed by atoms with van der Waals surface area (Å²) in [6.07, 6.45) is 7.71. The Morgan fingerprint density at radius 3 is 2.50 bits per heavy atom. The molecule has 1 saturated heterocycles. The lowest BCUT2D eigenvalue weighted by atomic mass is 9.71. The van der Waals surface area contributed by atoms with E-state index in [1.165, 1.54) is 6.42 Å². The van der Waals surface area contributed by atoms with Crippen molar-refractivity contribution < 1.29 is 19.4 Å². The second-order valence-electron chi connectivity index (χ2n) is 6.20. The highest BCUT2D eigenvalue weighted by atomic mass is 16.5. The number of nitrogens with one attached hydrogen (secondary N) is 1. The van der Waals surface area contributed by atoms with Crippen LogP contribution in [-0.4, -0.2) is 36.2 Å². The Kier molecular flexibility index (Phi) is 5.40. The summed E-state index contributed by atoms with van der Waals surface area (Å²) in [6.45, 7) is 1.12. The molecule has 1 saturated carbocycles. The average Bonchev–Trinajstić information content (AvgIpc) is 2.46. The van der Waals surface area contributed by atoms with Crippen molar-refractivity contribution in [2.24, 2.45) is 5.41 Å². The fourth-order valence-corrected chi connectivity index (χ4v) is 3.37. The zero-order valence-electron chi connectivity index (χ0n) is 12.0. The lowest BCUT2D eigenvalue weighted by Gasteiger charge is -2.36. The maximum atomic E-state index is 12.1. The number of aliphatic carboxylic acids is 1. The summed E-state index contributed by atoms with van der Waals surface area (Å²) in [6, 6.07) is 0. The van der Waals surface area contributed by atoms with Gasteiger partial charge >= 0.3 is 5.97 Å². The van der Waals surface area contributed by atoms with E-state index in [0.29, 0.717) is 13.2 Å². The van der Waals surface area contributed by atoms with Crippen molar-refractivity contribution in [3.63, 3.8) is 0 Å². The molecule has 5 nitrogen and oxygen atoms in total. The summed E-state index contributed by atoms with van der Waals surface area (Å²) in [5.74, 6) is -0.838. The quantitative estimate of drug-likeness (QED) is 0.810. The Morgan fingerprint density at radius 1 is 1.15 bits per heavy atom. The molecule has 1 unspecified atom stereocenters. The van der Waals surface area contributed by atoms with Crippen molar-refractivity contribution >= 4 is 11.9 Å². The summed E-state index contributed by atoms with van der Waals surface area (Å²) in [7, 11) is 0. The van der Waals surface area contributed by atoms with Gasteiger partial charge in [0.1, 0.15) is 6.10 Å². The molecule has 2 N–H and O–H groups in total. The smallest absolute Gasteiger partial charge is 0.303 e. The van der Waals surface area contributed by atoms with Gasteiger partial charge in [-0.15, -0.1) is 0 Å². The van der Waals surface area contributed by atoms with Gasteiger partial charge in [-0.05, 0) is 37.5 Å². The molecule has 20 heavy (non-hydrogen) atoms. The number of carbonyl (C=O) groups is 2. The van der Waals surface area contributed by atoms with Gasteiger partial charge in [-0.1, -0.05) is 19.3 Å². The van der Waals surface area contributed by atoms with E-state index in [2.05, 4.69) is 5.32 Å². The highest BCUT2D eigenvalue weighted by Gasteiger charge is 2.35. The Bertz CT molecular complexity index is 344. The topological polar surface area (TPSA) is 75.6 Å². The van der Waals surface area contributed by atoms with Crippen LogP contribution in [0, 0.1) is 5.41 Å². The number of hydrogen-bond acceptors (Lipinski definition) is 3. The van der Waals surface area contributed by atoms with Gasteiger partial charge in [-0.3, -0.25) is 9.59 Å². The highest BCUT2D eigenvalue weighted by Crippen LogP contribution is 2.38. The van der Waals surface area contributed by atoms with E-state index in [-0.39, 0.29) is 23.8 Å². The van der Waals surface area contributed by atoms with Gasteiger partial charge in [0.25, 0.3) is 0 Å². The third kappa shape index (κ3) is 4.20. The Morgan fingerprint density at radius 2 is 1.90 bits per heavy atom. The van der Waals surface area contributed by atoms with E-state index in [0.717, 1.165) is 44.9 Å². The Labute approximate surface area is 120 Å². The van der Waals surface area contributed by atoms with Gasteiger partial charge in [0, 0.05) is 13.2 Å². The standard InChI is InChI=1S/C15H25NO4/c17-13(18)10-15(7-3-1-4-8-15)11-16-14(19)12-6-2-5-9-20-12/h12H,1-11H2,(H,16,19)(H,17,18). The molecule has 2 fully saturated rings. The molecule has 0 bridgehead atoms. The normalized spacial score (nSPS) is 25.9. The molecular weight excluding hydrogens is 258 g/mol. The molecular formula is C15H25NO4. The van der Waals surface area contributed by atoms with Crippen LogP contribution in [0.4, 0.5) is 0 Å². The molecule has 2 aliphatic rings. The van der Waals surface area contributed by atoms with Crippen molar-refractivity contribution in [3.8, 4) is 0 Å². The molecule has 0 aromatic rings. The second-order valence-corrected chi connectivity index (χ2v) is 6.20. The maximum Gasteiger partial charge on any atom is 0.303 e. The molecule has 0 spiro atoms. The van der Waals surface area contributed by atoms with Crippen molar-refractivity contribution in [2.45, 2.75) is 63.9 Å². The SMILES string of the molecule is O=C(O)CC1(CNC(=O)C2CCCCO2)CCCCC1. The predicted octanol–water partition coefficient (Wildman–Crippen LogP) is 2.10. The summed E-state index contributed by atoms with van der Waals surface area (Å²) >= 11 is 0. The fourth-order valence-electron chi connectivity index (χ4n) is 3.37. The van der Waals surface area contributed by atoms with Crippen LogP contribution in [0.2, 0.25) is 0 Å². The van der Waals surface area contributed by atoms with Gasteiger partial charge in [-0.25, -0.2) is 0 Å². The van der Waals surface area contributed by atoms with Crippen LogP contribution in [-0.2, 0) is 14.3 Å². The lowest BCUT2D eigenvalue weighted by molar-refractivity contribution is -0.142. The minimum Gasteiger partial charge on any atom is -0.481 e. The van der Waals surface area contributed by atoms with Gasteiger partial charge in [0.2, 0.25) is 5.91 Å². The van der Waals surface area contributed by atoms with Crippen LogP contribution in [0.5, 0.6) is 0 Å². The number of carboxylic acids is 1. The van der Waals surface area contributed by atoms with Crippen molar-refractivity contribution in [2.75, 3.05) is 13.2 Å². The van der Waals surface area contributed by atoms with E-state index in [4.69, 9.17) is 9.84 Å². The van der Waals surface area contributed by atoms with E-state index < -0.39 is 5.97 Å². The van der Waals surface area contributed by atoms with E-state index >= 15 is 0 Å². The summed E-state index contributed by atoms with van der Waals surface area (Å²) in [4.78, 5) is 23.2. The molecule has 2 rings (SSSR count). The first kappa shape index (κ1) is 15.3. The fraction of sp³-hybridized carbons (Fsp3) is 0.867. The molecule has 1 heterocycles. The molecule has 5 heteroatoms. The molecule has 1 aliphatic carbocycles. The molecule has 1 aliphatic heterocycles. The molecule has 1 atom stereocenters. The molecule has 0 aromatic heterocycles. The number of amides is 1. The van der Waals surface area contributed by atoms with E-state index in [1.54, 1.807) is 0 Å². The summed E-state index contributed by atoms with van der Waals surface area (Å²) in [5.41, 5.74) is -0.256. The minimum atomic E-state index is -0.768. The maximum absolute atomic E-state index is 12.1. The van der Waals surface area contributed by atoms with Crippen LogP contribution in [0.25, 0.3) is 0 Å². The first-order chi connectivity index (χ1) is 9.61. The number of rotatable bonds is 5. The van der Waals surface area contributed by atoms with Crippen LogP contribution < -0.4 is 5.32 Å². The predicted molar refractivity (Wildman–Crippen MR) is 74.4 cm³/mol. The highest BCUT2D eigenvalue weighted by molar-refractivity contribution is 5.81. The van der Waals surface area contributed by atoms with Crippen LogP contribution in [0.15, 0.2) is 0 Å². The summed E-state index contributed by atoms with van der Waals surface area (Å²) < 4.78 is 5.47. The van der Waals surface area contributed by atoms with Crippen LogP contribution >= 0.6 is 0 Å². The third-order valence-corrected chi connectivity index (χ3v) is 4.55. The van der Waals surface area contributed by atoms with Gasteiger partial charge in [0.05, 0.1) is 6.42 Å². The van der Waals surface area contributed by atoms with Crippen molar-refractivity contribution in [1.29, 1.82) is 0 Å². The Balaban J connectivity index is 1.87. The van der Waals surface area contributed by atoms with Gasteiger partial charge < -0.3 is 15.2 Å². The Hall–Kier alpha value is -1.10. The third-order valence-electron chi connectivity index (χ3n) is 4.55. The zero-order valence-corrected chi connectivity index (χ0v) is 12.0. The average molecular weight is 283 g/mol. The zero-order chi connectivity index (χ0) is 14.4. The number of carbonyl (C=O) groups excluding carboxylic acids is 1. The number of ether oxygens (including phenoxy) is 1. The van der Waals surface area contributed by atoms with Gasteiger partial charge in [0.15, 0.2) is 0 Å². The molecule has 0 aromatic carbocycles. The largest absolute Gasteiger partial charge is 0.481 e. The van der Waals surface area contributed by atoms with E-state index in [1.807, 2.05) is 0 Å². The first-order valence-corrected chi connectivity index (χ1v) is 7.72. The van der Waals surface area contributed by atoms with Crippen LogP contribution in [0.1, 0.15) is 57.8 Å². The summed E-state index contributed by atoms with van der Waals surface area (Å²) in [5, 5.41) is 12.0. The van der Waals surface area contributed by atoms with Crippen LogP contribution in [0.3, 0.4) is 0 Å². The minimum absolute atomic E-state index is 0.0694. The van der Waals surface area contributed by atoms with Crippen molar-refractivity contribution in [3.05, 3.63) is 0 Å². The molecule has 0 radical (unpaired) electrons. The van der Waals surface area contributed by atoms with Gasteiger partial charge in [-0.2, -0.15) is 0 Å². The monoisotopic (exact) mass is 283 g/mol. The number of carboxylic acid groups (broad SMARTS) is 1. The molecule has 1 amide bonds. The van der Waals surface area contributed by atoms with E-state index in [9.17, 15) is 9.59 Å².